The van der Waals surface area contributed by atoms with Gasteiger partial charge in [0.25, 0.3) is 5.91 Å². The van der Waals surface area contributed by atoms with Crippen LogP contribution in [0.25, 0.3) is 0 Å². The summed E-state index contributed by atoms with van der Waals surface area (Å²) >= 11 is 0. The van der Waals surface area contributed by atoms with Crippen LogP contribution in [-0.2, 0) is 0 Å². The van der Waals surface area contributed by atoms with Crippen molar-refractivity contribution < 1.29 is 14.3 Å². The highest BCUT2D eigenvalue weighted by molar-refractivity contribution is 5.95. The van der Waals surface area contributed by atoms with E-state index >= 15 is 0 Å². The molecule has 1 heterocycles. The monoisotopic (exact) mass is 304 g/mol. The number of nitrogens with one attached hydrogen (secondary N) is 2. The molecule has 0 spiro atoms. The first-order valence-corrected chi connectivity index (χ1v) is 8.12. The van der Waals surface area contributed by atoms with E-state index in [1.807, 2.05) is 12.1 Å². The quantitative estimate of drug-likeness (QED) is 0.875. The van der Waals surface area contributed by atoms with Gasteiger partial charge in [0.15, 0.2) is 11.5 Å². The third kappa shape index (κ3) is 3.53. The Morgan fingerprint density at radius 3 is 2.73 bits per heavy atom. The summed E-state index contributed by atoms with van der Waals surface area (Å²) in [5, 5.41) is 6.28. The molecule has 1 aromatic carbocycles. The summed E-state index contributed by atoms with van der Waals surface area (Å²) in [6, 6.07) is 5.64. The molecule has 1 saturated heterocycles. The summed E-state index contributed by atoms with van der Waals surface area (Å²) < 4.78 is 11.4. The lowest BCUT2D eigenvalue weighted by Gasteiger charge is -2.17. The maximum atomic E-state index is 12.3. The van der Waals surface area contributed by atoms with Crippen LogP contribution in [0.1, 0.15) is 42.5 Å². The zero-order chi connectivity index (χ0) is 15.4. The Bertz CT molecular complexity index is 521. The molecule has 5 nitrogen and oxygen atoms in total. The summed E-state index contributed by atoms with van der Waals surface area (Å²) in [5.41, 5.74) is 0.613. The van der Waals surface area contributed by atoms with Crippen LogP contribution < -0.4 is 20.1 Å². The summed E-state index contributed by atoms with van der Waals surface area (Å²) in [6.07, 6.45) is 5.90. The van der Waals surface area contributed by atoms with E-state index in [-0.39, 0.29) is 18.1 Å². The second kappa shape index (κ2) is 7.01. The maximum absolute atomic E-state index is 12.3. The number of rotatable bonds is 5. The van der Waals surface area contributed by atoms with Crippen LogP contribution in [0.15, 0.2) is 18.2 Å². The van der Waals surface area contributed by atoms with Gasteiger partial charge in [0.2, 0.25) is 0 Å². The maximum Gasteiger partial charge on any atom is 0.251 e. The molecule has 1 unspecified atom stereocenters. The number of hydrogen-bond donors (Lipinski definition) is 2. The standard InChI is InChI=1S/C17H24N2O3/c1-21-16-10-12(17(20)19-13-8-9-18-11-13)6-7-15(16)22-14-4-2-3-5-14/h6-7,10,13-14,18H,2-5,8-9,11H2,1H3,(H,19,20). The van der Waals surface area contributed by atoms with Crippen molar-refractivity contribution in [2.45, 2.75) is 44.2 Å². The minimum Gasteiger partial charge on any atom is -0.493 e. The molecule has 0 aromatic heterocycles. The summed E-state index contributed by atoms with van der Waals surface area (Å²) in [4.78, 5) is 12.3. The van der Waals surface area contributed by atoms with Crippen LogP contribution in [0.5, 0.6) is 11.5 Å². The molecular weight excluding hydrogens is 280 g/mol. The van der Waals surface area contributed by atoms with Gasteiger partial charge in [-0.15, -0.1) is 0 Å². The third-order valence-electron chi connectivity index (χ3n) is 4.42. The van der Waals surface area contributed by atoms with E-state index < -0.39 is 0 Å². The topological polar surface area (TPSA) is 59.6 Å². The Kier molecular flexibility index (Phi) is 4.83. The second-order valence-electron chi connectivity index (χ2n) is 6.05. The van der Waals surface area contributed by atoms with E-state index in [9.17, 15) is 4.79 Å². The number of benzene rings is 1. The first-order chi connectivity index (χ1) is 10.8. The van der Waals surface area contributed by atoms with Gasteiger partial charge in [-0.05, 0) is 56.8 Å². The van der Waals surface area contributed by atoms with Crippen molar-refractivity contribution >= 4 is 5.91 Å². The number of methoxy groups -OCH3 is 1. The highest BCUT2D eigenvalue weighted by Gasteiger charge is 2.21. The Morgan fingerprint density at radius 2 is 2.05 bits per heavy atom. The Labute approximate surface area is 131 Å². The molecule has 1 aliphatic heterocycles. The van der Waals surface area contributed by atoms with Crippen LogP contribution in [0.2, 0.25) is 0 Å². The molecule has 0 bridgehead atoms. The predicted molar refractivity (Wildman–Crippen MR) is 84.6 cm³/mol. The molecule has 0 radical (unpaired) electrons. The lowest BCUT2D eigenvalue weighted by Crippen LogP contribution is -2.36. The molecule has 5 heteroatoms. The third-order valence-corrected chi connectivity index (χ3v) is 4.42. The second-order valence-corrected chi connectivity index (χ2v) is 6.05. The minimum atomic E-state index is -0.0561. The van der Waals surface area contributed by atoms with Crippen molar-refractivity contribution in [1.82, 2.24) is 10.6 Å². The largest absolute Gasteiger partial charge is 0.493 e. The summed E-state index contributed by atoms with van der Waals surface area (Å²) in [7, 11) is 1.61. The minimum absolute atomic E-state index is 0.0561. The number of carbonyl (C=O) groups excluding carboxylic acids is 1. The van der Waals surface area contributed by atoms with Crippen LogP contribution in [-0.4, -0.2) is 38.3 Å². The molecule has 1 saturated carbocycles. The van der Waals surface area contributed by atoms with Gasteiger partial charge >= 0.3 is 0 Å². The van der Waals surface area contributed by atoms with E-state index in [0.29, 0.717) is 11.3 Å². The molecule has 2 N–H and O–H groups in total. The number of carbonyl (C=O) groups is 1. The molecule has 2 fully saturated rings. The zero-order valence-corrected chi connectivity index (χ0v) is 13.1. The van der Waals surface area contributed by atoms with Gasteiger partial charge in [-0.3, -0.25) is 4.79 Å². The lowest BCUT2D eigenvalue weighted by molar-refractivity contribution is 0.0939. The average Bonchev–Trinajstić information content (AvgIpc) is 3.21. The molecular formula is C17H24N2O3. The van der Waals surface area contributed by atoms with Gasteiger partial charge in [0, 0.05) is 18.2 Å². The van der Waals surface area contributed by atoms with Crippen LogP contribution in [0.4, 0.5) is 0 Å². The van der Waals surface area contributed by atoms with Crippen molar-refractivity contribution in [1.29, 1.82) is 0 Å². The van der Waals surface area contributed by atoms with Crippen molar-refractivity contribution in [3.63, 3.8) is 0 Å². The fourth-order valence-corrected chi connectivity index (χ4v) is 3.14. The first-order valence-electron chi connectivity index (χ1n) is 8.12. The number of ether oxygens (including phenoxy) is 2. The van der Waals surface area contributed by atoms with Gasteiger partial charge in [-0.1, -0.05) is 0 Å². The normalized spacial score (nSPS) is 21.8. The molecule has 1 aliphatic carbocycles. The number of hydrogen-bond acceptors (Lipinski definition) is 4. The van der Waals surface area contributed by atoms with E-state index in [0.717, 1.165) is 38.1 Å². The SMILES string of the molecule is COc1cc(C(=O)NC2CCNC2)ccc1OC1CCCC1. The molecule has 22 heavy (non-hydrogen) atoms. The fraction of sp³-hybridized carbons (Fsp3) is 0.588. The van der Waals surface area contributed by atoms with Gasteiger partial charge < -0.3 is 20.1 Å². The lowest BCUT2D eigenvalue weighted by atomic mass is 10.1. The average molecular weight is 304 g/mol. The first kappa shape index (κ1) is 15.2. The van der Waals surface area contributed by atoms with Gasteiger partial charge in [-0.2, -0.15) is 0 Å². The van der Waals surface area contributed by atoms with Crippen molar-refractivity contribution in [2.75, 3.05) is 20.2 Å². The van der Waals surface area contributed by atoms with Gasteiger partial charge in [0.05, 0.1) is 13.2 Å². The summed E-state index contributed by atoms with van der Waals surface area (Å²) in [6.45, 7) is 1.80. The van der Waals surface area contributed by atoms with Crippen molar-refractivity contribution in [3.8, 4) is 11.5 Å². The molecule has 1 atom stereocenters. The zero-order valence-electron chi connectivity index (χ0n) is 13.1. The Hall–Kier alpha value is -1.75. The van der Waals surface area contributed by atoms with E-state index in [1.54, 1.807) is 13.2 Å². The Morgan fingerprint density at radius 1 is 1.23 bits per heavy atom. The summed E-state index contributed by atoms with van der Waals surface area (Å²) in [5.74, 6) is 1.30. The van der Waals surface area contributed by atoms with E-state index in [1.165, 1.54) is 12.8 Å². The number of amides is 1. The molecule has 3 rings (SSSR count). The Balaban J connectivity index is 1.68. The van der Waals surface area contributed by atoms with E-state index in [2.05, 4.69) is 10.6 Å². The van der Waals surface area contributed by atoms with Gasteiger partial charge in [-0.25, -0.2) is 0 Å². The fourth-order valence-electron chi connectivity index (χ4n) is 3.14. The molecule has 1 aromatic rings. The highest BCUT2D eigenvalue weighted by atomic mass is 16.5. The van der Waals surface area contributed by atoms with Gasteiger partial charge in [0.1, 0.15) is 0 Å². The highest BCUT2D eigenvalue weighted by Crippen LogP contribution is 2.32. The van der Waals surface area contributed by atoms with Crippen LogP contribution >= 0.6 is 0 Å². The molecule has 1 amide bonds. The van der Waals surface area contributed by atoms with E-state index in [4.69, 9.17) is 9.47 Å². The van der Waals surface area contributed by atoms with Crippen LogP contribution in [0.3, 0.4) is 0 Å². The molecule has 2 aliphatic rings. The van der Waals surface area contributed by atoms with Crippen LogP contribution in [0, 0.1) is 0 Å². The molecule has 120 valence electrons. The predicted octanol–water partition coefficient (Wildman–Crippen LogP) is 2.11. The smallest absolute Gasteiger partial charge is 0.251 e. The van der Waals surface area contributed by atoms with Crippen molar-refractivity contribution in [2.24, 2.45) is 0 Å². The van der Waals surface area contributed by atoms with Crippen molar-refractivity contribution in [3.05, 3.63) is 23.8 Å².